The highest BCUT2D eigenvalue weighted by Gasteiger charge is 2.39. The number of carbonyl (C=O) groups excluding carboxylic acids is 1. The van der Waals surface area contributed by atoms with Crippen LogP contribution in [0.5, 0.6) is 0 Å². The molecule has 0 aromatic rings. The van der Waals surface area contributed by atoms with Gasteiger partial charge in [0.25, 0.3) is 0 Å². The Morgan fingerprint density at radius 1 is 1.33 bits per heavy atom. The highest BCUT2D eigenvalue weighted by atomic mass is 16.2. The number of amides is 1. The lowest BCUT2D eigenvalue weighted by Gasteiger charge is -2.23. The van der Waals surface area contributed by atoms with Gasteiger partial charge in [0.2, 0.25) is 5.91 Å². The Labute approximate surface area is 127 Å². The number of hydrogen-bond acceptors (Lipinski definition) is 4. The Morgan fingerprint density at radius 3 is 2.71 bits per heavy atom. The van der Waals surface area contributed by atoms with Crippen molar-refractivity contribution in [1.29, 1.82) is 0 Å². The first-order valence-corrected chi connectivity index (χ1v) is 7.88. The van der Waals surface area contributed by atoms with Crippen LogP contribution in [0.2, 0.25) is 0 Å². The van der Waals surface area contributed by atoms with Gasteiger partial charge in [-0.2, -0.15) is 10.2 Å². The average Bonchev–Trinajstić information content (AvgIpc) is 3.26. The van der Waals surface area contributed by atoms with Gasteiger partial charge in [-0.15, -0.1) is 12.3 Å². The van der Waals surface area contributed by atoms with Crippen molar-refractivity contribution in [3.8, 4) is 12.3 Å². The molecule has 5 heteroatoms. The van der Waals surface area contributed by atoms with E-state index in [0.717, 1.165) is 32.4 Å². The number of hydrogen-bond donors (Lipinski definition) is 0. The second-order valence-corrected chi connectivity index (χ2v) is 6.32. The molecule has 1 unspecified atom stereocenters. The zero-order valence-electron chi connectivity index (χ0n) is 13.2. The molecule has 5 nitrogen and oxygen atoms in total. The summed E-state index contributed by atoms with van der Waals surface area (Å²) < 4.78 is 0. The van der Waals surface area contributed by atoms with Crippen LogP contribution in [0, 0.1) is 12.3 Å². The Balaban J connectivity index is 1.75. The van der Waals surface area contributed by atoms with Crippen molar-refractivity contribution < 1.29 is 4.79 Å². The molecule has 21 heavy (non-hydrogen) atoms. The Morgan fingerprint density at radius 2 is 2.10 bits per heavy atom. The van der Waals surface area contributed by atoms with E-state index in [2.05, 4.69) is 35.1 Å². The van der Waals surface area contributed by atoms with Gasteiger partial charge in [0, 0.05) is 44.8 Å². The third-order valence-corrected chi connectivity index (χ3v) is 4.57. The minimum Gasteiger partial charge on any atom is -0.343 e. The maximum atomic E-state index is 12.4. The third-order valence-electron chi connectivity index (χ3n) is 4.57. The molecule has 0 saturated carbocycles. The summed E-state index contributed by atoms with van der Waals surface area (Å²) in [4.78, 5) is 16.6. The number of carbonyl (C=O) groups is 1. The molecule has 1 fully saturated rings. The highest BCUT2D eigenvalue weighted by Crippen LogP contribution is 2.37. The molecule has 0 aromatic heterocycles. The van der Waals surface area contributed by atoms with E-state index in [0.29, 0.717) is 25.3 Å². The van der Waals surface area contributed by atoms with Gasteiger partial charge >= 0.3 is 0 Å². The fraction of sp³-hybridized carbons (Fsp3) is 0.812. The molecular formula is C16H26N4O. The molecule has 116 valence electrons. The highest BCUT2D eigenvalue weighted by molar-refractivity contribution is 5.76. The van der Waals surface area contributed by atoms with Crippen LogP contribution in [-0.4, -0.2) is 54.6 Å². The lowest BCUT2D eigenvalue weighted by Crippen LogP contribution is -2.34. The van der Waals surface area contributed by atoms with E-state index >= 15 is 0 Å². The molecule has 1 saturated heterocycles. The number of rotatable bonds is 6. The van der Waals surface area contributed by atoms with Crippen molar-refractivity contribution >= 4 is 5.91 Å². The lowest BCUT2D eigenvalue weighted by molar-refractivity contribution is -0.131. The number of nitrogens with zero attached hydrogens (tertiary/aromatic N) is 4. The first kappa shape index (κ1) is 16.0. The van der Waals surface area contributed by atoms with Crippen LogP contribution in [0.15, 0.2) is 10.2 Å². The van der Waals surface area contributed by atoms with Crippen LogP contribution in [0.25, 0.3) is 0 Å². The van der Waals surface area contributed by atoms with Gasteiger partial charge < -0.3 is 9.80 Å². The molecule has 0 aromatic carbocycles. The molecule has 2 heterocycles. The Kier molecular flexibility index (Phi) is 5.35. The smallest absolute Gasteiger partial charge is 0.222 e. The quantitative estimate of drug-likeness (QED) is 0.705. The van der Waals surface area contributed by atoms with Crippen LogP contribution in [0.1, 0.15) is 44.9 Å². The SMILES string of the molecule is C#CCCC1(CCC(=O)N2CCCC(N(C)C)CC2)N=N1. The number of terminal acetylenes is 1. The Hall–Kier alpha value is -1.41. The fourth-order valence-electron chi connectivity index (χ4n) is 2.98. The molecule has 2 rings (SSSR count). The van der Waals surface area contributed by atoms with E-state index in [1.165, 1.54) is 6.42 Å². The predicted molar refractivity (Wildman–Crippen MR) is 82.8 cm³/mol. The van der Waals surface area contributed by atoms with Crippen molar-refractivity contribution in [1.82, 2.24) is 9.80 Å². The van der Waals surface area contributed by atoms with Crippen molar-refractivity contribution in [2.75, 3.05) is 27.2 Å². The van der Waals surface area contributed by atoms with Crippen LogP contribution in [0.3, 0.4) is 0 Å². The number of likely N-dealkylation sites (tertiary alicyclic amines) is 1. The van der Waals surface area contributed by atoms with Gasteiger partial charge in [-0.3, -0.25) is 4.79 Å². The van der Waals surface area contributed by atoms with Crippen molar-refractivity contribution in [2.24, 2.45) is 10.2 Å². The second-order valence-electron chi connectivity index (χ2n) is 6.32. The van der Waals surface area contributed by atoms with Gasteiger partial charge in [-0.25, -0.2) is 0 Å². The molecule has 0 N–H and O–H groups in total. The van der Waals surface area contributed by atoms with E-state index in [1.54, 1.807) is 0 Å². The first-order chi connectivity index (χ1) is 10.1. The lowest BCUT2D eigenvalue weighted by atomic mass is 10.0. The van der Waals surface area contributed by atoms with Gasteiger partial charge in [-0.05, 0) is 33.4 Å². The Bertz CT molecular complexity index is 432. The van der Waals surface area contributed by atoms with Crippen LogP contribution >= 0.6 is 0 Å². The van der Waals surface area contributed by atoms with E-state index in [1.807, 2.05) is 4.90 Å². The zero-order chi connectivity index (χ0) is 15.3. The van der Waals surface area contributed by atoms with E-state index in [9.17, 15) is 4.79 Å². The maximum absolute atomic E-state index is 12.4. The third kappa shape index (κ3) is 4.53. The van der Waals surface area contributed by atoms with Gasteiger partial charge in [0.1, 0.15) is 0 Å². The minimum atomic E-state index is -0.333. The summed E-state index contributed by atoms with van der Waals surface area (Å²) >= 11 is 0. The van der Waals surface area contributed by atoms with Crippen molar-refractivity contribution in [3.63, 3.8) is 0 Å². The summed E-state index contributed by atoms with van der Waals surface area (Å²) in [5.41, 5.74) is -0.333. The monoisotopic (exact) mass is 290 g/mol. The summed E-state index contributed by atoms with van der Waals surface area (Å²) in [5.74, 6) is 2.86. The van der Waals surface area contributed by atoms with Gasteiger partial charge in [0.15, 0.2) is 5.66 Å². The molecule has 2 aliphatic rings. The van der Waals surface area contributed by atoms with Crippen LogP contribution < -0.4 is 0 Å². The van der Waals surface area contributed by atoms with E-state index in [4.69, 9.17) is 6.42 Å². The van der Waals surface area contributed by atoms with Crippen LogP contribution in [0.4, 0.5) is 0 Å². The van der Waals surface area contributed by atoms with Crippen molar-refractivity contribution in [3.05, 3.63) is 0 Å². The van der Waals surface area contributed by atoms with Gasteiger partial charge in [-0.1, -0.05) is 0 Å². The molecule has 1 amide bonds. The summed E-state index contributed by atoms with van der Waals surface area (Å²) in [6, 6.07) is 0.596. The molecule has 1 atom stereocenters. The topological polar surface area (TPSA) is 48.3 Å². The first-order valence-electron chi connectivity index (χ1n) is 7.88. The molecule has 2 aliphatic heterocycles. The minimum absolute atomic E-state index is 0.242. The average molecular weight is 290 g/mol. The maximum Gasteiger partial charge on any atom is 0.222 e. The second kappa shape index (κ2) is 7.04. The predicted octanol–water partition coefficient (Wildman–Crippen LogP) is 2.28. The van der Waals surface area contributed by atoms with Crippen molar-refractivity contribution in [2.45, 2.75) is 56.7 Å². The summed E-state index contributed by atoms with van der Waals surface area (Å²) in [5, 5.41) is 8.19. The van der Waals surface area contributed by atoms with Crippen LogP contribution in [-0.2, 0) is 4.79 Å². The molecule has 0 aliphatic carbocycles. The molecule has 0 bridgehead atoms. The summed E-state index contributed by atoms with van der Waals surface area (Å²) in [6.45, 7) is 1.75. The normalized spacial score (nSPS) is 23.7. The zero-order valence-corrected chi connectivity index (χ0v) is 13.2. The molecule has 0 spiro atoms. The van der Waals surface area contributed by atoms with E-state index < -0.39 is 0 Å². The summed E-state index contributed by atoms with van der Waals surface area (Å²) in [7, 11) is 4.24. The van der Waals surface area contributed by atoms with Gasteiger partial charge in [0.05, 0.1) is 0 Å². The largest absolute Gasteiger partial charge is 0.343 e. The molecular weight excluding hydrogens is 264 g/mol. The molecule has 0 radical (unpaired) electrons. The summed E-state index contributed by atoms with van der Waals surface area (Å²) in [6.07, 6.45) is 11.3. The van der Waals surface area contributed by atoms with E-state index in [-0.39, 0.29) is 11.6 Å². The fourth-order valence-corrected chi connectivity index (χ4v) is 2.98. The standard InChI is InChI=1S/C16H26N4O/c1-4-5-10-16(17-18-16)11-8-15(21)20-12-6-7-14(9-13-20)19(2)3/h1,14H,5-13H2,2-3H3.